The van der Waals surface area contributed by atoms with Gasteiger partial charge in [0.1, 0.15) is 11.8 Å². The van der Waals surface area contributed by atoms with Gasteiger partial charge in [0.25, 0.3) is 0 Å². The summed E-state index contributed by atoms with van der Waals surface area (Å²) in [7, 11) is 0. The van der Waals surface area contributed by atoms with Gasteiger partial charge in [0.15, 0.2) is 5.78 Å². The van der Waals surface area contributed by atoms with E-state index in [1.165, 1.54) is 13.0 Å². The van der Waals surface area contributed by atoms with Gasteiger partial charge in [0, 0.05) is 24.6 Å². The lowest BCUT2D eigenvalue weighted by Gasteiger charge is -2.33. The van der Waals surface area contributed by atoms with Crippen LogP contribution in [0.5, 0.6) is 5.75 Å². The number of carbonyl (C=O) groups excluding carboxylic acids is 2. The van der Waals surface area contributed by atoms with Crippen LogP contribution in [0.3, 0.4) is 0 Å². The SMILES string of the molecule is CC(=O)c1ccc(C#N)c(N2CCC(C(=O)Nc3ccccc3O)CC2)c1. The van der Waals surface area contributed by atoms with Gasteiger partial charge in [0.05, 0.1) is 16.9 Å². The Balaban J connectivity index is 1.68. The summed E-state index contributed by atoms with van der Waals surface area (Å²) in [4.78, 5) is 26.2. The molecule has 138 valence electrons. The molecule has 2 N–H and O–H groups in total. The quantitative estimate of drug-likeness (QED) is 0.642. The van der Waals surface area contributed by atoms with E-state index in [9.17, 15) is 20.0 Å². The van der Waals surface area contributed by atoms with Gasteiger partial charge in [-0.2, -0.15) is 5.26 Å². The van der Waals surface area contributed by atoms with E-state index >= 15 is 0 Å². The third-order valence-corrected chi connectivity index (χ3v) is 4.89. The maximum absolute atomic E-state index is 12.5. The highest BCUT2D eigenvalue weighted by atomic mass is 16.3. The number of nitrogens with one attached hydrogen (secondary N) is 1. The highest BCUT2D eigenvalue weighted by molar-refractivity contribution is 5.96. The maximum atomic E-state index is 12.5. The van der Waals surface area contributed by atoms with Crippen molar-refractivity contribution in [2.45, 2.75) is 19.8 Å². The number of nitrogens with zero attached hydrogens (tertiary/aromatic N) is 2. The topological polar surface area (TPSA) is 93.4 Å². The Morgan fingerprint density at radius 1 is 1.19 bits per heavy atom. The third kappa shape index (κ3) is 4.09. The Kier molecular flexibility index (Phi) is 5.41. The number of nitriles is 1. The maximum Gasteiger partial charge on any atom is 0.227 e. The molecule has 1 amide bonds. The molecule has 0 bridgehead atoms. The summed E-state index contributed by atoms with van der Waals surface area (Å²) < 4.78 is 0. The molecule has 0 atom stereocenters. The van der Waals surface area contributed by atoms with E-state index < -0.39 is 0 Å². The molecule has 1 aliphatic rings. The third-order valence-electron chi connectivity index (χ3n) is 4.89. The number of para-hydroxylation sites is 2. The van der Waals surface area contributed by atoms with Crippen LogP contribution < -0.4 is 10.2 Å². The van der Waals surface area contributed by atoms with Crippen LogP contribution >= 0.6 is 0 Å². The number of Topliss-reactive ketones (excluding diaryl/α,β-unsaturated/α-hetero) is 1. The van der Waals surface area contributed by atoms with Crippen LogP contribution in [-0.4, -0.2) is 29.9 Å². The molecule has 1 aliphatic heterocycles. The van der Waals surface area contributed by atoms with Crippen molar-refractivity contribution in [1.29, 1.82) is 5.26 Å². The fourth-order valence-electron chi connectivity index (χ4n) is 3.30. The largest absolute Gasteiger partial charge is 0.506 e. The van der Waals surface area contributed by atoms with Crippen molar-refractivity contribution in [1.82, 2.24) is 0 Å². The number of phenolic OH excluding ortho intramolecular Hbond substituents is 1. The van der Waals surface area contributed by atoms with E-state index in [1.807, 2.05) is 0 Å². The molecule has 0 spiro atoms. The number of rotatable bonds is 4. The number of phenols is 1. The predicted molar refractivity (Wildman–Crippen MR) is 103 cm³/mol. The number of ketones is 1. The van der Waals surface area contributed by atoms with Crippen molar-refractivity contribution in [2.24, 2.45) is 5.92 Å². The number of aromatic hydroxyl groups is 1. The minimum atomic E-state index is -0.164. The van der Waals surface area contributed by atoms with Gasteiger partial charge in [-0.3, -0.25) is 9.59 Å². The van der Waals surface area contributed by atoms with Crippen LogP contribution in [0.2, 0.25) is 0 Å². The van der Waals surface area contributed by atoms with E-state index in [4.69, 9.17) is 0 Å². The van der Waals surface area contributed by atoms with Crippen LogP contribution in [0.1, 0.15) is 35.7 Å². The standard InChI is InChI=1S/C21H21N3O3/c1-14(25)16-6-7-17(13-22)19(12-16)24-10-8-15(9-11-24)21(27)23-18-4-2-3-5-20(18)26/h2-7,12,15,26H,8-11H2,1H3,(H,23,27). The number of benzene rings is 2. The van der Waals surface area contributed by atoms with E-state index in [2.05, 4.69) is 16.3 Å². The van der Waals surface area contributed by atoms with Gasteiger partial charge in [-0.1, -0.05) is 12.1 Å². The molecule has 0 aliphatic carbocycles. The molecule has 0 radical (unpaired) electrons. The number of hydrogen-bond acceptors (Lipinski definition) is 5. The van der Waals surface area contributed by atoms with Gasteiger partial charge in [-0.25, -0.2) is 0 Å². The van der Waals surface area contributed by atoms with Crippen LogP contribution in [0.25, 0.3) is 0 Å². The van der Waals surface area contributed by atoms with E-state index in [1.54, 1.807) is 36.4 Å². The van der Waals surface area contributed by atoms with Gasteiger partial charge < -0.3 is 15.3 Å². The first-order chi connectivity index (χ1) is 13.0. The van der Waals surface area contributed by atoms with E-state index in [0.29, 0.717) is 42.7 Å². The lowest BCUT2D eigenvalue weighted by Crippen LogP contribution is -2.38. The summed E-state index contributed by atoms with van der Waals surface area (Å²) >= 11 is 0. The zero-order valence-electron chi connectivity index (χ0n) is 15.1. The smallest absolute Gasteiger partial charge is 0.227 e. The number of amides is 1. The van der Waals surface area contributed by atoms with Crippen molar-refractivity contribution in [2.75, 3.05) is 23.3 Å². The normalized spacial score (nSPS) is 14.4. The Bertz CT molecular complexity index is 909. The molecule has 6 heteroatoms. The zero-order chi connectivity index (χ0) is 19.4. The minimum absolute atomic E-state index is 0.0438. The number of hydrogen-bond donors (Lipinski definition) is 2. The van der Waals surface area contributed by atoms with Gasteiger partial charge >= 0.3 is 0 Å². The van der Waals surface area contributed by atoms with Crippen molar-refractivity contribution in [3.63, 3.8) is 0 Å². The number of carbonyl (C=O) groups is 2. The van der Waals surface area contributed by atoms with Crippen molar-refractivity contribution < 1.29 is 14.7 Å². The summed E-state index contributed by atoms with van der Waals surface area (Å²) in [5, 5.41) is 21.9. The Hall–Kier alpha value is -3.33. The minimum Gasteiger partial charge on any atom is -0.506 e. The molecule has 0 saturated carbocycles. The second-order valence-electron chi connectivity index (χ2n) is 6.67. The molecule has 1 heterocycles. The zero-order valence-corrected chi connectivity index (χ0v) is 15.1. The molecule has 1 fully saturated rings. The van der Waals surface area contributed by atoms with Gasteiger partial charge in [0.2, 0.25) is 5.91 Å². The molecule has 2 aromatic carbocycles. The van der Waals surface area contributed by atoms with E-state index in [-0.39, 0.29) is 23.4 Å². The second-order valence-corrected chi connectivity index (χ2v) is 6.67. The molecule has 6 nitrogen and oxygen atoms in total. The average Bonchev–Trinajstić information content (AvgIpc) is 2.69. The second kappa shape index (κ2) is 7.92. The van der Waals surface area contributed by atoms with Crippen molar-refractivity contribution >= 4 is 23.1 Å². The monoisotopic (exact) mass is 363 g/mol. The predicted octanol–water partition coefficient (Wildman–Crippen LogP) is 3.32. The lowest BCUT2D eigenvalue weighted by molar-refractivity contribution is -0.120. The first kappa shape index (κ1) is 18.5. The molecule has 0 aromatic heterocycles. The summed E-state index contributed by atoms with van der Waals surface area (Å²) in [6.07, 6.45) is 1.27. The molecular weight excluding hydrogens is 342 g/mol. The first-order valence-corrected chi connectivity index (χ1v) is 8.88. The highest BCUT2D eigenvalue weighted by Crippen LogP contribution is 2.29. The number of anilines is 2. The highest BCUT2D eigenvalue weighted by Gasteiger charge is 2.27. The summed E-state index contributed by atoms with van der Waals surface area (Å²) in [6, 6.07) is 13.9. The fraction of sp³-hybridized carbons (Fsp3) is 0.286. The Morgan fingerprint density at radius 2 is 1.89 bits per heavy atom. The number of piperidine rings is 1. The summed E-state index contributed by atoms with van der Waals surface area (Å²) in [5.74, 6) is -0.280. The molecule has 3 rings (SSSR count). The van der Waals surface area contributed by atoms with E-state index in [0.717, 1.165) is 5.69 Å². The Labute approximate surface area is 158 Å². The summed E-state index contributed by atoms with van der Waals surface area (Å²) in [5.41, 5.74) is 2.25. The molecule has 2 aromatic rings. The molecule has 27 heavy (non-hydrogen) atoms. The van der Waals surface area contributed by atoms with Crippen LogP contribution in [0.15, 0.2) is 42.5 Å². The van der Waals surface area contributed by atoms with Crippen molar-refractivity contribution in [3.05, 3.63) is 53.6 Å². The molecule has 0 unspecified atom stereocenters. The molecular formula is C21H21N3O3. The van der Waals surface area contributed by atoms with Crippen LogP contribution in [-0.2, 0) is 4.79 Å². The van der Waals surface area contributed by atoms with Crippen LogP contribution in [0.4, 0.5) is 11.4 Å². The Morgan fingerprint density at radius 3 is 2.52 bits per heavy atom. The fourth-order valence-corrected chi connectivity index (χ4v) is 3.30. The van der Waals surface area contributed by atoms with Gasteiger partial charge in [-0.15, -0.1) is 0 Å². The van der Waals surface area contributed by atoms with Crippen molar-refractivity contribution in [3.8, 4) is 11.8 Å². The first-order valence-electron chi connectivity index (χ1n) is 8.88. The lowest BCUT2D eigenvalue weighted by atomic mass is 9.94. The van der Waals surface area contributed by atoms with Crippen LogP contribution in [0, 0.1) is 17.2 Å². The summed E-state index contributed by atoms with van der Waals surface area (Å²) in [6.45, 7) is 2.74. The average molecular weight is 363 g/mol. The van der Waals surface area contributed by atoms with Gasteiger partial charge in [-0.05, 0) is 50.1 Å². The molecule has 1 saturated heterocycles.